The van der Waals surface area contributed by atoms with E-state index in [9.17, 15) is 0 Å². The number of fused-ring (bicyclic) bond motifs is 4. The van der Waals surface area contributed by atoms with Crippen LogP contribution in [0.25, 0.3) is 33.6 Å². The number of benzene rings is 4. The molecular weight excluding hydrogens is 444 g/mol. The summed E-state index contributed by atoms with van der Waals surface area (Å²) in [7, 11) is 0. The minimum Gasteiger partial charge on any atom is -0.455 e. The monoisotopic (exact) mass is 464 g/mol. The van der Waals surface area contributed by atoms with Crippen molar-refractivity contribution in [3.8, 4) is 45.1 Å². The van der Waals surface area contributed by atoms with Gasteiger partial charge in [-0.25, -0.2) is 0 Å². The molecule has 2 aromatic heterocycles. The molecule has 9 rings (SSSR count). The highest BCUT2D eigenvalue weighted by atomic mass is 16.5. The molecular formula is C31H20N4O+2. The van der Waals surface area contributed by atoms with Crippen LogP contribution in [0.1, 0.15) is 11.1 Å². The summed E-state index contributed by atoms with van der Waals surface area (Å²) in [5, 5.41) is 0. The Kier molecular flexibility index (Phi) is 3.18. The minimum atomic E-state index is -0.540. The molecule has 0 N–H and O–H groups in total. The molecule has 0 bridgehead atoms. The summed E-state index contributed by atoms with van der Waals surface area (Å²) in [5.41, 5.74) is 8.93. The van der Waals surface area contributed by atoms with Crippen molar-refractivity contribution in [2.45, 2.75) is 5.66 Å². The van der Waals surface area contributed by atoms with Crippen LogP contribution in [0.2, 0.25) is 0 Å². The van der Waals surface area contributed by atoms with Gasteiger partial charge < -0.3 is 4.74 Å². The summed E-state index contributed by atoms with van der Waals surface area (Å²) < 4.78 is 15.7. The summed E-state index contributed by atoms with van der Waals surface area (Å²) in [6.45, 7) is 0. The molecule has 3 aliphatic heterocycles. The summed E-state index contributed by atoms with van der Waals surface area (Å²) in [4.78, 5) is 0. The van der Waals surface area contributed by atoms with E-state index in [0.717, 1.165) is 22.9 Å². The van der Waals surface area contributed by atoms with E-state index in [0.29, 0.717) is 0 Å². The highest BCUT2D eigenvalue weighted by Gasteiger charge is 2.73. The third kappa shape index (κ3) is 2.00. The number of aromatic nitrogens is 4. The van der Waals surface area contributed by atoms with Crippen LogP contribution in [0.4, 0.5) is 0 Å². The molecule has 1 unspecified atom stereocenters. The molecule has 0 radical (unpaired) electrons. The second-order valence-corrected chi connectivity index (χ2v) is 9.60. The second-order valence-electron chi connectivity index (χ2n) is 9.60. The van der Waals surface area contributed by atoms with E-state index in [4.69, 9.17) is 4.74 Å². The van der Waals surface area contributed by atoms with Gasteiger partial charge in [0.25, 0.3) is 0 Å². The van der Waals surface area contributed by atoms with Gasteiger partial charge in [-0.2, -0.15) is 0 Å². The number of hydrogen-bond acceptors (Lipinski definition) is 1. The van der Waals surface area contributed by atoms with Crippen molar-refractivity contribution < 1.29 is 14.1 Å². The fourth-order valence-electron chi connectivity index (χ4n) is 6.39. The zero-order valence-corrected chi connectivity index (χ0v) is 19.2. The Morgan fingerprint density at radius 3 is 1.92 bits per heavy atom. The van der Waals surface area contributed by atoms with Crippen molar-refractivity contribution in [2.24, 2.45) is 0 Å². The first kappa shape index (κ1) is 18.4. The van der Waals surface area contributed by atoms with Gasteiger partial charge in [-0.05, 0) is 50.3 Å². The standard InChI is InChI=1S/C31H20N4O/c1-2-7-21(8-3-1)22-13-15-23(16-14-22)24-19-33-26-10-5-12-28-30(26)31(35(33)20-24)29-25(9-4-11-27(29)36-28)32-17-6-18-34(31)32/h1-20H/q+2. The number of rotatable bonds is 2. The molecule has 5 nitrogen and oxygen atoms in total. The van der Waals surface area contributed by atoms with Gasteiger partial charge in [0.1, 0.15) is 22.9 Å². The third-order valence-corrected chi connectivity index (χ3v) is 7.85. The van der Waals surface area contributed by atoms with Gasteiger partial charge in [-0.1, -0.05) is 66.7 Å². The molecule has 0 aliphatic carbocycles. The van der Waals surface area contributed by atoms with Gasteiger partial charge in [0.2, 0.25) is 12.4 Å². The summed E-state index contributed by atoms with van der Waals surface area (Å²) in [5.74, 6) is 1.81. The Labute approximate surface area is 207 Å². The minimum absolute atomic E-state index is 0.540. The average Bonchev–Trinajstić information content (AvgIpc) is 3.69. The van der Waals surface area contributed by atoms with E-state index in [1.807, 2.05) is 0 Å². The van der Waals surface area contributed by atoms with Crippen molar-refractivity contribution >= 4 is 0 Å². The molecule has 4 aromatic carbocycles. The Morgan fingerprint density at radius 2 is 1.19 bits per heavy atom. The molecule has 5 heterocycles. The first-order valence-corrected chi connectivity index (χ1v) is 12.2. The molecule has 168 valence electrons. The number of hydrogen-bond donors (Lipinski definition) is 0. The lowest BCUT2D eigenvalue weighted by Gasteiger charge is -2.22. The SMILES string of the molecule is c1ccc(-c2ccc(-c3cn4[n+](c3)C35c6c(cccc6-n6ccc[n+]63)Oc3cccc-4c35)cc2)cc1. The van der Waals surface area contributed by atoms with E-state index >= 15 is 0 Å². The lowest BCUT2D eigenvalue weighted by Crippen LogP contribution is -2.74. The molecule has 5 heteroatoms. The maximum absolute atomic E-state index is 6.47. The molecule has 36 heavy (non-hydrogen) atoms. The van der Waals surface area contributed by atoms with Crippen LogP contribution in [0.15, 0.2) is 122 Å². The summed E-state index contributed by atoms with van der Waals surface area (Å²) in [6, 6.07) is 34.2. The summed E-state index contributed by atoms with van der Waals surface area (Å²) >= 11 is 0. The normalized spacial score (nSPS) is 17.2. The fourth-order valence-corrected chi connectivity index (χ4v) is 6.39. The van der Waals surface area contributed by atoms with Gasteiger partial charge >= 0.3 is 5.66 Å². The highest BCUT2D eigenvalue weighted by molar-refractivity contribution is 5.71. The second kappa shape index (κ2) is 6.20. The number of ether oxygens (including phenoxy) is 1. The van der Waals surface area contributed by atoms with E-state index in [1.165, 1.54) is 33.4 Å². The van der Waals surface area contributed by atoms with Crippen LogP contribution in [0.5, 0.6) is 11.5 Å². The zero-order valence-electron chi connectivity index (χ0n) is 19.2. The molecule has 0 saturated heterocycles. The first-order valence-electron chi connectivity index (χ1n) is 12.2. The van der Waals surface area contributed by atoms with Crippen molar-refractivity contribution in [3.05, 3.63) is 133 Å². The van der Waals surface area contributed by atoms with Gasteiger partial charge in [0.15, 0.2) is 11.1 Å². The maximum Gasteiger partial charge on any atom is 0.469 e. The van der Waals surface area contributed by atoms with Crippen LogP contribution >= 0.6 is 0 Å². The molecule has 1 atom stereocenters. The molecule has 0 amide bonds. The highest BCUT2D eigenvalue weighted by Crippen LogP contribution is 2.53. The van der Waals surface area contributed by atoms with Crippen molar-refractivity contribution in [1.82, 2.24) is 9.36 Å². The predicted octanol–water partition coefficient (Wildman–Crippen LogP) is 5.21. The Bertz CT molecular complexity index is 1860. The first-order chi connectivity index (χ1) is 17.8. The zero-order chi connectivity index (χ0) is 23.4. The van der Waals surface area contributed by atoms with Crippen LogP contribution in [0.3, 0.4) is 0 Å². The van der Waals surface area contributed by atoms with Crippen molar-refractivity contribution in [3.63, 3.8) is 0 Å². The Balaban J connectivity index is 1.30. The van der Waals surface area contributed by atoms with E-state index < -0.39 is 5.66 Å². The topological polar surface area (TPSA) is 26.8 Å². The third-order valence-electron chi connectivity index (χ3n) is 7.85. The molecule has 1 spiro atoms. The predicted molar refractivity (Wildman–Crippen MR) is 134 cm³/mol. The van der Waals surface area contributed by atoms with Gasteiger partial charge in [0.05, 0.1) is 18.0 Å². The molecule has 3 aliphatic rings. The lowest BCUT2D eigenvalue weighted by atomic mass is 9.87. The van der Waals surface area contributed by atoms with Crippen LogP contribution < -0.4 is 14.1 Å². The van der Waals surface area contributed by atoms with Crippen LogP contribution in [0, 0.1) is 0 Å². The average molecular weight is 465 g/mol. The number of nitrogens with zero attached hydrogens (tertiary/aromatic N) is 4. The Morgan fingerprint density at radius 1 is 0.556 bits per heavy atom. The largest absolute Gasteiger partial charge is 0.469 e. The van der Waals surface area contributed by atoms with Gasteiger partial charge in [0, 0.05) is 6.07 Å². The Hall–Kier alpha value is -4.90. The van der Waals surface area contributed by atoms with Crippen LogP contribution in [-0.4, -0.2) is 9.36 Å². The van der Waals surface area contributed by atoms with Crippen molar-refractivity contribution in [1.29, 1.82) is 0 Å². The fraction of sp³-hybridized carbons (Fsp3) is 0.0323. The van der Waals surface area contributed by atoms with Crippen LogP contribution in [-0.2, 0) is 5.66 Å². The quantitative estimate of drug-likeness (QED) is 0.323. The van der Waals surface area contributed by atoms with Gasteiger partial charge in [-0.3, -0.25) is 0 Å². The summed E-state index contributed by atoms with van der Waals surface area (Å²) in [6.07, 6.45) is 8.82. The maximum atomic E-state index is 6.47. The smallest absolute Gasteiger partial charge is 0.455 e. The van der Waals surface area contributed by atoms with E-state index in [2.05, 4.69) is 141 Å². The van der Waals surface area contributed by atoms with E-state index in [1.54, 1.807) is 0 Å². The molecule has 0 fully saturated rings. The van der Waals surface area contributed by atoms with E-state index in [-0.39, 0.29) is 0 Å². The molecule has 0 saturated carbocycles. The van der Waals surface area contributed by atoms with Gasteiger partial charge in [-0.15, -0.1) is 9.36 Å². The van der Waals surface area contributed by atoms with Crippen molar-refractivity contribution in [2.75, 3.05) is 0 Å². The lowest BCUT2D eigenvalue weighted by molar-refractivity contribution is -1.02. The molecule has 6 aromatic rings.